The molecule has 0 aliphatic carbocycles. The third-order valence-electron chi connectivity index (χ3n) is 3.60. The highest BCUT2D eigenvalue weighted by Gasteiger charge is 2.12. The van der Waals surface area contributed by atoms with Crippen LogP contribution in [0.4, 0.5) is 11.5 Å². The first kappa shape index (κ1) is 17.5. The summed E-state index contributed by atoms with van der Waals surface area (Å²) in [6.45, 7) is 0. The van der Waals surface area contributed by atoms with Crippen molar-refractivity contribution in [3.8, 4) is 11.8 Å². The molecule has 3 rings (SSSR count). The van der Waals surface area contributed by atoms with Crippen LogP contribution in [0.1, 0.15) is 0 Å². The molecule has 0 aliphatic heterocycles. The first-order chi connectivity index (χ1) is 12.6. The second-order valence-electron chi connectivity index (χ2n) is 5.31. The fourth-order valence-electron chi connectivity index (χ4n) is 2.37. The molecule has 7 heteroatoms. The highest BCUT2D eigenvalue weighted by molar-refractivity contribution is 9.10. The number of benzene rings is 2. The third kappa shape index (κ3) is 3.82. The smallest absolute Gasteiger partial charge is 0.267 e. The minimum Gasteiger partial charge on any atom is -0.507 e. The van der Waals surface area contributed by atoms with E-state index < -0.39 is 5.91 Å². The number of carbonyl (C=O) groups is 1. The van der Waals surface area contributed by atoms with Crippen molar-refractivity contribution >= 4 is 44.1 Å². The summed E-state index contributed by atoms with van der Waals surface area (Å²) in [6.07, 6.45) is 2.89. The van der Waals surface area contributed by atoms with Crippen LogP contribution < -0.4 is 10.6 Å². The largest absolute Gasteiger partial charge is 0.507 e. The maximum atomic E-state index is 12.4. The molecule has 0 saturated heterocycles. The fraction of sp³-hybridized carbons (Fsp3) is 0. The number of phenolic OH excluding ortho intramolecular Hbond substituents is 1. The summed E-state index contributed by atoms with van der Waals surface area (Å²) >= 11 is 3.32. The van der Waals surface area contributed by atoms with Crippen LogP contribution in [0.15, 0.2) is 71.0 Å². The van der Waals surface area contributed by atoms with Crippen LogP contribution in [0.2, 0.25) is 0 Å². The number of anilines is 2. The maximum Gasteiger partial charge on any atom is 0.267 e. The van der Waals surface area contributed by atoms with E-state index in [1.54, 1.807) is 54.7 Å². The Morgan fingerprint density at radius 2 is 1.96 bits per heavy atom. The zero-order valence-corrected chi connectivity index (χ0v) is 15.0. The first-order valence-electron chi connectivity index (χ1n) is 7.59. The van der Waals surface area contributed by atoms with Gasteiger partial charge in [0.1, 0.15) is 23.2 Å². The molecule has 0 fully saturated rings. The van der Waals surface area contributed by atoms with Crippen LogP contribution in [0.25, 0.3) is 10.8 Å². The summed E-state index contributed by atoms with van der Waals surface area (Å²) in [5, 5.41) is 26.0. The molecule has 0 aliphatic rings. The molecular formula is C19H13BrN4O2. The number of aromatic nitrogens is 1. The first-order valence-corrected chi connectivity index (χ1v) is 8.38. The molecule has 1 heterocycles. The number of amides is 1. The number of hydrogen-bond acceptors (Lipinski definition) is 5. The van der Waals surface area contributed by atoms with Crippen LogP contribution in [0.5, 0.6) is 5.75 Å². The molecule has 3 aromatic rings. The summed E-state index contributed by atoms with van der Waals surface area (Å²) in [5.41, 5.74) is 0.397. The molecule has 2 aromatic carbocycles. The molecule has 128 valence electrons. The van der Waals surface area contributed by atoms with Gasteiger partial charge in [-0.3, -0.25) is 4.79 Å². The molecule has 6 nitrogen and oxygen atoms in total. The lowest BCUT2D eigenvalue weighted by atomic mass is 10.1. The molecule has 0 atom stereocenters. The Kier molecular flexibility index (Phi) is 5.15. The van der Waals surface area contributed by atoms with E-state index in [9.17, 15) is 15.2 Å². The topological polar surface area (TPSA) is 98.0 Å². The number of pyridine rings is 1. The fourth-order valence-corrected chi connectivity index (χ4v) is 2.71. The number of nitrogens with zero attached hydrogens (tertiary/aromatic N) is 2. The van der Waals surface area contributed by atoms with Crippen molar-refractivity contribution in [1.29, 1.82) is 5.26 Å². The van der Waals surface area contributed by atoms with Gasteiger partial charge < -0.3 is 15.7 Å². The summed E-state index contributed by atoms with van der Waals surface area (Å²) in [6, 6.07) is 15.6. The normalized spacial score (nSPS) is 11.0. The van der Waals surface area contributed by atoms with E-state index in [2.05, 4.69) is 31.5 Å². The van der Waals surface area contributed by atoms with Crippen molar-refractivity contribution in [3.63, 3.8) is 0 Å². The molecule has 0 saturated carbocycles. The minimum absolute atomic E-state index is 0.107. The Morgan fingerprint density at radius 1 is 1.19 bits per heavy atom. The molecule has 0 spiro atoms. The van der Waals surface area contributed by atoms with Crippen molar-refractivity contribution in [1.82, 2.24) is 4.98 Å². The van der Waals surface area contributed by atoms with Crippen molar-refractivity contribution in [2.45, 2.75) is 0 Å². The quantitative estimate of drug-likeness (QED) is 0.444. The van der Waals surface area contributed by atoms with Gasteiger partial charge in [0.25, 0.3) is 5.91 Å². The van der Waals surface area contributed by atoms with Crippen molar-refractivity contribution < 1.29 is 9.90 Å². The highest BCUT2D eigenvalue weighted by Crippen LogP contribution is 2.29. The number of rotatable bonds is 4. The second-order valence-corrected chi connectivity index (χ2v) is 6.22. The molecule has 0 bridgehead atoms. The molecule has 1 aromatic heterocycles. The average Bonchev–Trinajstić information content (AvgIpc) is 2.63. The van der Waals surface area contributed by atoms with Gasteiger partial charge in [0.05, 0.1) is 0 Å². The summed E-state index contributed by atoms with van der Waals surface area (Å²) in [7, 11) is 0. The number of nitriles is 1. The van der Waals surface area contributed by atoms with Gasteiger partial charge >= 0.3 is 0 Å². The number of halogens is 1. The van der Waals surface area contributed by atoms with Crippen molar-refractivity contribution in [3.05, 3.63) is 71.0 Å². The van der Waals surface area contributed by atoms with E-state index in [1.165, 1.54) is 6.20 Å². The monoisotopic (exact) mass is 408 g/mol. The van der Waals surface area contributed by atoms with Crippen LogP contribution in [0.3, 0.4) is 0 Å². The van der Waals surface area contributed by atoms with E-state index in [4.69, 9.17) is 0 Å². The lowest BCUT2D eigenvalue weighted by Crippen LogP contribution is -2.15. The Labute approximate surface area is 157 Å². The zero-order valence-electron chi connectivity index (χ0n) is 13.4. The molecular weight excluding hydrogens is 396 g/mol. The van der Waals surface area contributed by atoms with Gasteiger partial charge in [-0.05, 0) is 24.3 Å². The van der Waals surface area contributed by atoms with Gasteiger partial charge in [-0.25, -0.2) is 4.98 Å². The highest BCUT2D eigenvalue weighted by atomic mass is 79.9. The number of phenols is 1. The van der Waals surface area contributed by atoms with Gasteiger partial charge in [-0.2, -0.15) is 5.26 Å². The van der Waals surface area contributed by atoms with E-state index >= 15 is 0 Å². The Hall–Kier alpha value is -3.37. The number of hydrogen-bond donors (Lipinski definition) is 3. The lowest BCUT2D eigenvalue weighted by molar-refractivity contribution is -0.112. The Balaban J connectivity index is 1.83. The van der Waals surface area contributed by atoms with Gasteiger partial charge in [0, 0.05) is 33.3 Å². The maximum absolute atomic E-state index is 12.4. The number of carbonyl (C=O) groups excluding carboxylic acids is 1. The predicted molar refractivity (Wildman–Crippen MR) is 103 cm³/mol. The van der Waals surface area contributed by atoms with Gasteiger partial charge in [-0.1, -0.05) is 40.2 Å². The SMILES string of the molecule is N#C/C(=C/Nc1cc(Br)ccn1)C(=O)Nc1cccc2c(O)cccc12. The van der Waals surface area contributed by atoms with E-state index in [0.717, 1.165) is 4.47 Å². The second kappa shape index (κ2) is 7.68. The average molecular weight is 409 g/mol. The summed E-state index contributed by atoms with van der Waals surface area (Å²) in [4.78, 5) is 16.5. The molecule has 3 N–H and O–H groups in total. The summed E-state index contributed by atoms with van der Waals surface area (Å²) < 4.78 is 0.821. The standard InChI is InChI=1S/C19H13BrN4O2/c20-13-7-8-22-18(9-13)23-11-12(10-21)19(26)24-16-5-1-4-15-14(16)3-2-6-17(15)25/h1-9,11,25H,(H,22,23)(H,24,26)/b12-11-. The summed E-state index contributed by atoms with van der Waals surface area (Å²) in [5.74, 6) is 0.0536. The third-order valence-corrected chi connectivity index (χ3v) is 4.09. The number of aromatic hydroxyl groups is 1. The van der Waals surface area contributed by atoms with Gasteiger partial charge in [-0.15, -0.1) is 0 Å². The number of nitrogens with one attached hydrogen (secondary N) is 2. The van der Waals surface area contributed by atoms with Crippen molar-refractivity contribution in [2.75, 3.05) is 10.6 Å². The van der Waals surface area contributed by atoms with Gasteiger partial charge in [0.2, 0.25) is 0 Å². The van der Waals surface area contributed by atoms with Crippen molar-refractivity contribution in [2.24, 2.45) is 0 Å². The van der Waals surface area contributed by atoms with Crippen LogP contribution in [-0.4, -0.2) is 16.0 Å². The minimum atomic E-state index is -0.564. The van der Waals surface area contributed by atoms with Crippen LogP contribution >= 0.6 is 15.9 Å². The molecule has 26 heavy (non-hydrogen) atoms. The molecule has 1 amide bonds. The Morgan fingerprint density at radius 3 is 2.73 bits per heavy atom. The van der Waals surface area contributed by atoms with Crippen LogP contribution in [-0.2, 0) is 4.79 Å². The predicted octanol–water partition coefficient (Wildman–Crippen LogP) is 4.16. The van der Waals surface area contributed by atoms with E-state index in [0.29, 0.717) is 22.3 Å². The number of fused-ring (bicyclic) bond motifs is 1. The van der Waals surface area contributed by atoms with E-state index in [-0.39, 0.29) is 11.3 Å². The Bertz CT molecular complexity index is 1060. The molecule has 0 radical (unpaired) electrons. The zero-order chi connectivity index (χ0) is 18.5. The molecule has 0 unspecified atom stereocenters. The lowest BCUT2D eigenvalue weighted by Gasteiger charge is -2.09. The van der Waals surface area contributed by atoms with Gasteiger partial charge in [0.15, 0.2) is 0 Å². The van der Waals surface area contributed by atoms with E-state index in [1.807, 2.05) is 6.07 Å². The van der Waals surface area contributed by atoms with Crippen LogP contribution in [0, 0.1) is 11.3 Å².